The molecule has 0 amide bonds. The van der Waals surface area contributed by atoms with E-state index in [1.54, 1.807) is 7.11 Å². The lowest BCUT2D eigenvalue weighted by Gasteiger charge is -2.07. The highest BCUT2D eigenvalue weighted by atomic mass is 16.5. The fourth-order valence-corrected chi connectivity index (χ4v) is 1.82. The van der Waals surface area contributed by atoms with Crippen molar-refractivity contribution in [2.45, 2.75) is 13.5 Å². The van der Waals surface area contributed by atoms with Crippen LogP contribution in [0.25, 0.3) is 0 Å². The van der Waals surface area contributed by atoms with Gasteiger partial charge in [0.1, 0.15) is 5.75 Å². The van der Waals surface area contributed by atoms with Gasteiger partial charge in [0.2, 0.25) is 0 Å². The summed E-state index contributed by atoms with van der Waals surface area (Å²) in [4.78, 5) is 4.61. The van der Waals surface area contributed by atoms with E-state index in [1.165, 1.54) is 5.56 Å². The van der Waals surface area contributed by atoms with Crippen molar-refractivity contribution in [3.8, 4) is 5.75 Å². The van der Waals surface area contributed by atoms with E-state index in [1.807, 2.05) is 49.4 Å². The highest BCUT2D eigenvalue weighted by molar-refractivity contribution is 6.01. The average molecular weight is 239 g/mol. The molecule has 92 valence electrons. The van der Waals surface area contributed by atoms with E-state index in [4.69, 9.17) is 4.74 Å². The van der Waals surface area contributed by atoms with Gasteiger partial charge in [-0.15, -0.1) is 0 Å². The predicted molar refractivity (Wildman–Crippen MR) is 75.4 cm³/mol. The molecule has 0 radical (unpaired) electrons. The molecule has 2 rings (SSSR count). The molecule has 0 aliphatic carbocycles. The van der Waals surface area contributed by atoms with Crippen molar-refractivity contribution < 1.29 is 4.74 Å². The summed E-state index contributed by atoms with van der Waals surface area (Å²) in [5, 5.41) is 0. The second-order valence-corrected chi connectivity index (χ2v) is 4.09. The van der Waals surface area contributed by atoms with Gasteiger partial charge in [0, 0.05) is 11.3 Å². The van der Waals surface area contributed by atoms with Crippen molar-refractivity contribution in [2.75, 3.05) is 7.11 Å². The molecule has 0 spiro atoms. The molecule has 0 N–H and O–H groups in total. The zero-order chi connectivity index (χ0) is 12.8. The van der Waals surface area contributed by atoms with Gasteiger partial charge in [-0.1, -0.05) is 42.5 Å². The number of para-hydroxylation sites is 1. The van der Waals surface area contributed by atoms with Crippen LogP contribution in [0.4, 0.5) is 0 Å². The molecule has 0 saturated carbocycles. The number of rotatable bonds is 4. The lowest BCUT2D eigenvalue weighted by Crippen LogP contribution is -1.99. The number of methoxy groups -OCH3 is 1. The molecule has 18 heavy (non-hydrogen) atoms. The first-order valence-corrected chi connectivity index (χ1v) is 5.99. The first-order valence-electron chi connectivity index (χ1n) is 5.99. The Morgan fingerprint density at radius 2 is 1.67 bits per heavy atom. The molecule has 2 aromatic rings. The van der Waals surface area contributed by atoms with Crippen molar-refractivity contribution in [3.05, 3.63) is 65.7 Å². The fourth-order valence-electron chi connectivity index (χ4n) is 1.82. The highest BCUT2D eigenvalue weighted by Crippen LogP contribution is 2.18. The lowest BCUT2D eigenvalue weighted by atomic mass is 10.1. The van der Waals surface area contributed by atoms with Gasteiger partial charge in [-0.25, -0.2) is 0 Å². The van der Waals surface area contributed by atoms with Crippen LogP contribution in [0.1, 0.15) is 18.1 Å². The van der Waals surface area contributed by atoms with E-state index in [0.29, 0.717) is 6.54 Å². The number of benzene rings is 2. The number of aliphatic imine (C=N–C) groups is 1. The Balaban J connectivity index is 2.18. The maximum absolute atomic E-state index is 5.34. The summed E-state index contributed by atoms with van der Waals surface area (Å²) in [6, 6.07) is 18.2. The molecule has 0 bridgehead atoms. The molecule has 2 nitrogen and oxygen atoms in total. The Kier molecular flexibility index (Phi) is 4.13. The van der Waals surface area contributed by atoms with E-state index in [9.17, 15) is 0 Å². The number of ether oxygens (including phenoxy) is 1. The summed E-state index contributed by atoms with van der Waals surface area (Å²) in [6.45, 7) is 2.71. The van der Waals surface area contributed by atoms with E-state index in [-0.39, 0.29) is 0 Å². The van der Waals surface area contributed by atoms with Gasteiger partial charge >= 0.3 is 0 Å². The van der Waals surface area contributed by atoms with E-state index in [2.05, 4.69) is 17.1 Å². The molecule has 2 heteroatoms. The second-order valence-electron chi connectivity index (χ2n) is 4.09. The normalized spacial score (nSPS) is 11.3. The van der Waals surface area contributed by atoms with Crippen LogP contribution in [-0.4, -0.2) is 12.8 Å². The molecule has 0 aliphatic rings. The number of nitrogens with zero attached hydrogens (tertiary/aromatic N) is 1. The smallest absolute Gasteiger partial charge is 0.127 e. The minimum atomic E-state index is 0.699. The van der Waals surface area contributed by atoms with Gasteiger partial charge in [0.25, 0.3) is 0 Å². The summed E-state index contributed by atoms with van der Waals surface area (Å²) < 4.78 is 5.34. The van der Waals surface area contributed by atoms with Crippen LogP contribution in [0.3, 0.4) is 0 Å². The van der Waals surface area contributed by atoms with Crippen LogP contribution in [0.5, 0.6) is 5.75 Å². The van der Waals surface area contributed by atoms with Crippen molar-refractivity contribution >= 4 is 5.71 Å². The number of hydrogen-bond donors (Lipinski definition) is 0. The first kappa shape index (κ1) is 12.4. The second kappa shape index (κ2) is 6.01. The molecule has 0 atom stereocenters. The van der Waals surface area contributed by atoms with E-state index >= 15 is 0 Å². The SMILES string of the molecule is COc1ccccc1C(C)=NCc1ccccc1. The minimum absolute atomic E-state index is 0.699. The Morgan fingerprint density at radius 3 is 2.39 bits per heavy atom. The van der Waals surface area contributed by atoms with Crippen LogP contribution in [0.15, 0.2) is 59.6 Å². The quantitative estimate of drug-likeness (QED) is 0.745. The van der Waals surface area contributed by atoms with Crippen LogP contribution in [0.2, 0.25) is 0 Å². The minimum Gasteiger partial charge on any atom is -0.496 e. The molecule has 0 aliphatic heterocycles. The Hall–Kier alpha value is -2.09. The molecule has 0 unspecified atom stereocenters. The molecular weight excluding hydrogens is 222 g/mol. The first-order chi connectivity index (χ1) is 8.81. The predicted octanol–water partition coefficient (Wildman–Crippen LogP) is 3.70. The van der Waals surface area contributed by atoms with Gasteiger partial charge in [0.05, 0.1) is 13.7 Å². The van der Waals surface area contributed by atoms with Crippen molar-refractivity contribution in [3.63, 3.8) is 0 Å². The lowest BCUT2D eigenvalue weighted by molar-refractivity contribution is 0.414. The third-order valence-corrected chi connectivity index (χ3v) is 2.84. The van der Waals surface area contributed by atoms with Crippen molar-refractivity contribution in [2.24, 2.45) is 4.99 Å². The zero-order valence-corrected chi connectivity index (χ0v) is 10.8. The third-order valence-electron chi connectivity index (χ3n) is 2.84. The third kappa shape index (κ3) is 2.98. The van der Waals surface area contributed by atoms with Crippen LogP contribution < -0.4 is 4.74 Å². The van der Waals surface area contributed by atoms with Crippen LogP contribution in [0, 0.1) is 0 Å². The van der Waals surface area contributed by atoms with Gasteiger partial charge < -0.3 is 4.74 Å². The summed E-state index contributed by atoms with van der Waals surface area (Å²) in [5.41, 5.74) is 3.26. The molecule has 0 saturated heterocycles. The molecule has 2 aromatic carbocycles. The summed E-state index contributed by atoms with van der Waals surface area (Å²) in [5.74, 6) is 0.867. The molecule has 0 fully saturated rings. The van der Waals surface area contributed by atoms with Gasteiger partial charge in [0.15, 0.2) is 0 Å². The summed E-state index contributed by atoms with van der Waals surface area (Å²) >= 11 is 0. The Morgan fingerprint density at radius 1 is 1.00 bits per heavy atom. The maximum atomic E-state index is 5.34. The Bertz CT molecular complexity index is 532. The van der Waals surface area contributed by atoms with Crippen LogP contribution >= 0.6 is 0 Å². The van der Waals surface area contributed by atoms with E-state index in [0.717, 1.165) is 17.0 Å². The molecule has 0 heterocycles. The summed E-state index contributed by atoms with van der Waals surface area (Å²) in [7, 11) is 1.68. The fraction of sp³-hybridized carbons (Fsp3) is 0.188. The summed E-state index contributed by atoms with van der Waals surface area (Å²) in [6.07, 6.45) is 0. The average Bonchev–Trinajstić information content (AvgIpc) is 2.45. The van der Waals surface area contributed by atoms with Gasteiger partial charge in [-0.2, -0.15) is 0 Å². The monoisotopic (exact) mass is 239 g/mol. The molecule has 0 aromatic heterocycles. The van der Waals surface area contributed by atoms with Gasteiger partial charge in [-0.3, -0.25) is 4.99 Å². The van der Waals surface area contributed by atoms with Gasteiger partial charge in [-0.05, 0) is 24.6 Å². The zero-order valence-electron chi connectivity index (χ0n) is 10.8. The largest absolute Gasteiger partial charge is 0.496 e. The maximum Gasteiger partial charge on any atom is 0.127 e. The van der Waals surface area contributed by atoms with E-state index < -0.39 is 0 Å². The standard InChI is InChI=1S/C16H17NO/c1-13(15-10-6-7-11-16(15)18-2)17-12-14-8-4-3-5-9-14/h3-11H,12H2,1-2H3. The molecular formula is C16H17NO. The van der Waals surface area contributed by atoms with Crippen LogP contribution in [-0.2, 0) is 6.54 Å². The van der Waals surface area contributed by atoms with Crippen molar-refractivity contribution in [1.29, 1.82) is 0 Å². The Labute approximate surface area is 108 Å². The topological polar surface area (TPSA) is 21.6 Å². The highest BCUT2D eigenvalue weighted by Gasteiger charge is 2.04. The number of hydrogen-bond acceptors (Lipinski definition) is 2. The van der Waals surface area contributed by atoms with Crippen molar-refractivity contribution in [1.82, 2.24) is 0 Å².